The van der Waals surface area contributed by atoms with Crippen molar-refractivity contribution in [1.29, 1.82) is 0 Å². The van der Waals surface area contributed by atoms with Gasteiger partial charge in [-0.15, -0.1) is 0 Å². The molecule has 1 amide bonds. The number of hydrogen-bond donors (Lipinski definition) is 1. The molecular weight excluding hydrogens is 262 g/mol. The fraction of sp³-hybridized carbons (Fsp3) is 0.941. The molecule has 0 aromatic rings. The Labute approximate surface area is 129 Å². The molecule has 2 aliphatic heterocycles. The highest BCUT2D eigenvalue weighted by molar-refractivity contribution is 5.80. The predicted octanol–water partition coefficient (Wildman–Crippen LogP) is 1.71. The first-order valence-electron chi connectivity index (χ1n) is 8.85. The van der Waals surface area contributed by atoms with Crippen molar-refractivity contribution in [3.05, 3.63) is 0 Å². The van der Waals surface area contributed by atoms with Crippen molar-refractivity contribution < 1.29 is 4.79 Å². The lowest BCUT2D eigenvalue weighted by Gasteiger charge is -2.46. The molecule has 3 fully saturated rings. The maximum absolute atomic E-state index is 12.3. The SMILES string of the molecule is CC1CCC(NC(=O)C2CN(C3CCN(C)CC3)C2)CC1. The lowest BCUT2D eigenvalue weighted by atomic mass is 9.86. The van der Waals surface area contributed by atoms with Gasteiger partial charge in [0, 0.05) is 25.2 Å². The van der Waals surface area contributed by atoms with Crippen LogP contribution in [0.2, 0.25) is 0 Å². The highest BCUT2D eigenvalue weighted by Gasteiger charge is 2.38. The number of hydrogen-bond acceptors (Lipinski definition) is 3. The minimum absolute atomic E-state index is 0.254. The lowest BCUT2D eigenvalue weighted by Crippen LogP contribution is -2.59. The monoisotopic (exact) mass is 293 g/mol. The Morgan fingerprint density at radius 1 is 1.00 bits per heavy atom. The summed E-state index contributed by atoms with van der Waals surface area (Å²) in [5.41, 5.74) is 0. The summed E-state index contributed by atoms with van der Waals surface area (Å²) in [7, 11) is 2.20. The van der Waals surface area contributed by atoms with Crippen LogP contribution in [0.4, 0.5) is 0 Å². The highest BCUT2D eigenvalue weighted by atomic mass is 16.2. The molecule has 0 radical (unpaired) electrons. The van der Waals surface area contributed by atoms with Crippen LogP contribution >= 0.6 is 0 Å². The quantitative estimate of drug-likeness (QED) is 0.860. The average molecular weight is 293 g/mol. The van der Waals surface area contributed by atoms with Crippen LogP contribution in [0.25, 0.3) is 0 Å². The Morgan fingerprint density at radius 3 is 2.24 bits per heavy atom. The summed E-state index contributed by atoms with van der Waals surface area (Å²) in [4.78, 5) is 17.2. The Kier molecular flexibility index (Phi) is 4.85. The predicted molar refractivity (Wildman–Crippen MR) is 85.1 cm³/mol. The smallest absolute Gasteiger partial charge is 0.225 e. The minimum Gasteiger partial charge on any atom is -0.353 e. The normalized spacial score (nSPS) is 33.6. The molecule has 0 spiro atoms. The summed E-state index contributed by atoms with van der Waals surface area (Å²) in [6, 6.07) is 1.17. The number of likely N-dealkylation sites (tertiary alicyclic amines) is 2. The molecule has 2 heterocycles. The van der Waals surface area contributed by atoms with Gasteiger partial charge in [-0.2, -0.15) is 0 Å². The first-order valence-corrected chi connectivity index (χ1v) is 8.85. The van der Waals surface area contributed by atoms with Gasteiger partial charge in [0.05, 0.1) is 5.92 Å². The zero-order chi connectivity index (χ0) is 14.8. The number of carbonyl (C=O) groups excluding carboxylic acids is 1. The van der Waals surface area contributed by atoms with E-state index in [1.807, 2.05) is 0 Å². The summed E-state index contributed by atoms with van der Waals surface area (Å²) in [5.74, 6) is 1.42. The fourth-order valence-electron chi connectivity index (χ4n) is 4.06. The maximum atomic E-state index is 12.3. The molecule has 21 heavy (non-hydrogen) atoms. The molecule has 0 bridgehead atoms. The zero-order valence-electron chi connectivity index (χ0n) is 13.7. The van der Waals surface area contributed by atoms with Crippen molar-refractivity contribution in [2.45, 2.75) is 57.5 Å². The van der Waals surface area contributed by atoms with E-state index in [0.29, 0.717) is 11.9 Å². The van der Waals surface area contributed by atoms with E-state index in [1.165, 1.54) is 51.6 Å². The number of amides is 1. The summed E-state index contributed by atoms with van der Waals surface area (Å²) < 4.78 is 0. The fourth-order valence-corrected chi connectivity index (χ4v) is 4.06. The van der Waals surface area contributed by atoms with Crippen LogP contribution in [0.15, 0.2) is 0 Å². The Balaban J connectivity index is 1.36. The van der Waals surface area contributed by atoms with E-state index in [4.69, 9.17) is 0 Å². The van der Waals surface area contributed by atoms with Gasteiger partial charge in [-0.1, -0.05) is 6.92 Å². The van der Waals surface area contributed by atoms with E-state index in [1.54, 1.807) is 0 Å². The third kappa shape index (κ3) is 3.78. The van der Waals surface area contributed by atoms with Gasteiger partial charge in [-0.25, -0.2) is 0 Å². The summed E-state index contributed by atoms with van der Waals surface area (Å²) in [5, 5.41) is 3.30. The van der Waals surface area contributed by atoms with Gasteiger partial charge < -0.3 is 10.2 Å². The number of piperidine rings is 1. The molecule has 0 aromatic heterocycles. The molecule has 1 saturated carbocycles. The number of rotatable bonds is 3. The van der Waals surface area contributed by atoms with E-state index in [9.17, 15) is 4.79 Å². The van der Waals surface area contributed by atoms with Gasteiger partial charge >= 0.3 is 0 Å². The molecule has 1 N–H and O–H groups in total. The first kappa shape index (κ1) is 15.3. The van der Waals surface area contributed by atoms with Crippen LogP contribution in [0.3, 0.4) is 0 Å². The minimum atomic E-state index is 0.254. The van der Waals surface area contributed by atoms with Crippen LogP contribution < -0.4 is 5.32 Å². The van der Waals surface area contributed by atoms with Gasteiger partial charge in [0.1, 0.15) is 0 Å². The van der Waals surface area contributed by atoms with Gasteiger partial charge in [0.2, 0.25) is 5.91 Å². The molecule has 3 rings (SSSR count). The van der Waals surface area contributed by atoms with Crippen LogP contribution in [0.5, 0.6) is 0 Å². The zero-order valence-corrected chi connectivity index (χ0v) is 13.7. The van der Waals surface area contributed by atoms with Crippen molar-refractivity contribution in [1.82, 2.24) is 15.1 Å². The largest absolute Gasteiger partial charge is 0.353 e. The maximum Gasteiger partial charge on any atom is 0.225 e. The average Bonchev–Trinajstić information content (AvgIpc) is 2.42. The third-order valence-electron chi connectivity index (χ3n) is 5.85. The molecule has 1 aliphatic carbocycles. The number of nitrogens with one attached hydrogen (secondary N) is 1. The van der Waals surface area contributed by atoms with E-state index in [2.05, 4.69) is 29.1 Å². The molecular formula is C17H31N3O. The van der Waals surface area contributed by atoms with Gasteiger partial charge in [0.25, 0.3) is 0 Å². The standard InChI is InChI=1S/C17H31N3O/c1-13-3-5-15(6-4-13)18-17(21)14-11-20(12-14)16-7-9-19(2)10-8-16/h13-16H,3-12H2,1-2H3,(H,18,21). The number of nitrogens with zero attached hydrogens (tertiary/aromatic N) is 2. The second kappa shape index (κ2) is 6.66. The molecule has 2 saturated heterocycles. The van der Waals surface area contributed by atoms with E-state index in [-0.39, 0.29) is 5.92 Å². The van der Waals surface area contributed by atoms with Crippen molar-refractivity contribution >= 4 is 5.91 Å². The Bertz CT molecular complexity index is 351. The summed E-state index contributed by atoms with van der Waals surface area (Å²) >= 11 is 0. The molecule has 3 aliphatic rings. The molecule has 0 unspecified atom stereocenters. The van der Waals surface area contributed by atoms with Crippen molar-refractivity contribution in [3.8, 4) is 0 Å². The van der Waals surface area contributed by atoms with Gasteiger partial charge in [-0.3, -0.25) is 9.69 Å². The lowest BCUT2D eigenvalue weighted by molar-refractivity contribution is -0.132. The van der Waals surface area contributed by atoms with Crippen LogP contribution in [0.1, 0.15) is 45.4 Å². The highest BCUT2D eigenvalue weighted by Crippen LogP contribution is 2.27. The van der Waals surface area contributed by atoms with E-state index >= 15 is 0 Å². The number of carbonyl (C=O) groups is 1. The van der Waals surface area contributed by atoms with Crippen molar-refractivity contribution in [3.63, 3.8) is 0 Å². The van der Waals surface area contributed by atoms with E-state index < -0.39 is 0 Å². The Hall–Kier alpha value is -0.610. The second-order valence-electron chi connectivity index (χ2n) is 7.65. The van der Waals surface area contributed by atoms with Gasteiger partial charge in [-0.05, 0) is 64.6 Å². The van der Waals surface area contributed by atoms with Crippen LogP contribution in [0, 0.1) is 11.8 Å². The Morgan fingerprint density at radius 2 is 1.62 bits per heavy atom. The van der Waals surface area contributed by atoms with Crippen molar-refractivity contribution in [2.75, 3.05) is 33.2 Å². The van der Waals surface area contributed by atoms with E-state index in [0.717, 1.165) is 25.0 Å². The first-order chi connectivity index (χ1) is 10.1. The third-order valence-corrected chi connectivity index (χ3v) is 5.85. The molecule has 4 heteroatoms. The van der Waals surface area contributed by atoms with Gasteiger partial charge in [0.15, 0.2) is 0 Å². The van der Waals surface area contributed by atoms with Crippen LogP contribution in [-0.2, 0) is 4.79 Å². The summed E-state index contributed by atoms with van der Waals surface area (Å²) in [6.07, 6.45) is 7.45. The molecule has 4 nitrogen and oxygen atoms in total. The molecule has 0 aromatic carbocycles. The topological polar surface area (TPSA) is 35.6 Å². The molecule has 120 valence electrons. The van der Waals surface area contributed by atoms with Crippen LogP contribution in [-0.4, -0.2) is 61.0 Å². The van der Waals surface area contributed by atoms with Crippen molar-refractivity contribution in [2.24, 2.45) is 11.8 Å². The molecule has 0 atom stereocenters. The summed E-state index contributed by atoms with van der Waals surface area (Å²) in [6.45, 7) is 6.71. The second-order valence-corrected chi connectivity index (χ2v) is 7.65.